The lowest BCUT2D eigenvalue weighted by Gasteiger charge is -2.40. The van der Waals surface area contributed by atoms with Gasteiger partial charge in [0.05, 0.1) is 17.3 Å². The van der Waals surface area contributed by atoms with Crippen molar-refractivity contribution in [1.82, 2.24) is 9.80 Å². The van der Waals surface area contributed by atoms with Gasteiger partial charge in [-0.25, -0.2) is 9.38 Å². The van der Waals surface area contributed by atoms with E-state index in [9.17, 15) is 17.6 Å². The second kappa shape index (κ2) is 6.58. The van der Waals surface area contributed by atoms with E-state index >= 15 is 0 Å². The van der Waals surface area contributed by atoms with Crippen molar-refractivity contribution in [3.8, 4) is 0 Å². The fraction of sp³-hybridized carbons (Fsp3) is 0.474. The van der Waals surface area contributed by atoms with Gasteiger partial charge in [-0.05, 0) is 38.6 Å². The molecule has 4 rings (SSSR count). The summed E-state index contributed by atoms with van der Waals surface area (Å²) >= 11 is 0. The lowest BCUT2D eigenvalue weighted by Crippen LogP contribution is -2.53. The summed E-state index contributed by atoms with van der Waals surface area (Å²) in [5.41, 5.74) is -0.386. The summed E-state index contributed by atoms with van der Waals surface area (Å²) in [5.74, 6) is -0.371. The topological polar surface area (TPSA) is 34.4 Å². The van der Waals surface area contributed by atoms with Crippen molar-refractivity contribution in [2.75, 3.05) is 38.1 Å². The first-order chi connectivity index (χ1) is 13.2. The highest BCUT2D eigenvalue weighted by molar-refractivity contribution is 6.48. The molecule has 0 N–H and O–H groups in total. The zero-order valence-corrected chi connectivity index (χ0v) is 15.9. The Kier molecular flexibility index (Phi) is 4.45. The monoisotopic (exact) mass is 395 g/mol. The number of fused-ring (bicyclic) bond motifs is 3. The quantitative estimate of drug-likeness (QED) is 0.629. The van der Waals surface area contributed by atoms with Crippen LogP contribution in [0.15, 0.2) is 33.9 Å². The molecule has 150 valence electrons. The summed E-state index contributed by atoms with van der Waals surface area (Å²) in [4.78, 5) is 14.8. The van der Waals surface area contributed by atoms with Crippen LogP contribution in [0.2, 0.25) is 0 Å². The Morgan fingerprint density at radius 3 is 2.39 bits per heavy atom. The maximum absolute atomic E-state index is 14.8. The fourth-order valence-electron chi connectivity index (χ4n) is 3.53. The Morgan fingerprint density at radius 2 is 1.75 bits per heavy atom. The predicted molar refractivity (Wildman–Crippen MR) is 101 cm³/mol. The van der Waals surface area contributed by atoms with Crippen LogP contribution in [0.25, 0.3) is 0 Å². The van der Waals surface area contributed by atoms with Crippen LogP contribution in [0.4, 0.5) is 28.9 Å². The molecule has 1 unspecified atom stereocenters. The SMILES string of the molecule is CC1=CN2C(=NC1C)C(N1CCN(C)CC1)=Nc1c2ccc(C(F)(F)F)c1F. The number of likely N-dealkylation sites (N-methyl/N-ethyl adjacent to an activating group) is 1. The zero-order valence-electron chi connectivity index (χ0n) is 15.9. The number of nitrogens with zero attached hydrogens (tertiary/aromatic N) is 5. The average Bonchev–Trinajstić information content (AvgIpc) is 2.62. The minimum absolute atomic E-state index is 0.0789. The van der Waals surface area contributed by atoms with Gasteiger partial charge in [0.1, 0.15) is 5.69 Å². The smallest absolute Gasteiger partial charge is 0.351 e. The van der Waals surface area contributed by atoms with E-state index in [1.165, 1.54) is 6.07 Å². The van der Waals surface area contributed by atoms with Gasteiger partial charge in [0.15, 0.2) is 17.5 Å². The number of rotatable bonds is 0. The van der Waals surface area contributed by atoms with Gasteiger partial charge in [-0.15, -0.1) is 0 Å². The van der Waals surface area contributed by atoms with Crippen molar-refractivity contribution in [3.05, 3.63) is 35.3 Å². The highest BCUT2D eigenvalue weighted by Crippen LogP contribution is 2.43. The normalized spacial score (nSPS) is 23.0. The molecule has 1 saturated heterocycles. The van der Waals surface area contributed by atoms with Gasteiger partial charge < -0.3 is 9.80 Å². The first-order valence-corrected chi connectivity index (χ1v) is 9.14. The summed E-state index contributed by atoms with van der Waals surface area (Å²) in [6.07, 6.45) is -2.97. The first-order valence-electron chi connectivity index (χ1n) is 9.14. The summed E-state index contributed by atoms with van der Waals surface area (Å²) < 4.78 is 54.5. The van der Waals surface area contributed by atoms with Crippen LogP contribution in [-0.2, 0) is 6.18 Å². The van der Waals surface area contributed by atoms with Crippen LogP contribution in [0.5, 0.6) is 0 Å². The number of anilines is 1. The number of benzene rings is 1. The van der Waals surface area contributed by atoms with E-state index in [4.69, 9.17) is 4.99 Å². The number of amidine groups is 2. The Balaban J connectivity index is 1.88. The molecule has 0 amide bonds. The first kappa shape index (κ1) is 18.9. The summed E-state index contributed by atoms with van der Waals surface area (Å²) in [6.45, 7) is 6.71. The summed E-state index contributed by atoms with van der Waals surface area (Å²) in [6, 6.07) is 1.95. The van der Waals surface area contributed by atoms with Gasteiger partial charge in [0, 0.05) is 32.4 Å². The molecule has 1 aromatic rings. The van der Waals surface area contributed by atoms with Gasteiger partial charge >= 0.3 is 6.18 Å². The zero-order chi connectivity index (χ0) is 20.2. The molecule has 1 aromatic carbocycles. The molecular weight excluding hydrogens is 374 g/mol. The van der Waals surface area contributed by atoms with Gasteiger partial charge in [0.2, 0.25) is 0 Å². The van der Waals surface area contributed by atoms with Crippen molar-refractivity contribution >= 4 is 23.0 Å². The Morgan fingerprint density at radius 1 is 1.07 bits per heavy atom. The molecule has 0 radical (unpaired) electrons. The largest absolute Gasteiger partial charge is 0.419 e. The Hall–Kier alpha value is -2.42. The lowest BCUT2D eigenvalue weighted by atomic mass is 10.1. The minimum Gasteiger partial charge on any atom is -0.351 e. The number of hydrogen-bond acceptors (Lipinski definition) is 5. The maximum atomic E-state index is 14.8. The van der Waals surface area contributed by atoms with Gasteiger partial charge in [-0.3, -0.25) is 9.89 Å². The Labute approximate surface area is 160 Å². The third-order valence-corrected chi connectivity index (χ3v) is 5.42. The van der Waals surface area contributed by atoms with Crippen LogP contribution in [0.1, 0.15) is 19.4 Å². The maximum Gasteiger partial charge on any atom is 0.419 e. The molecule has 0 spiro atoms. The van der Waals surface area contributed by atoms with E-state index in [0.29, 0.717) is 24.8 Å². The van der Waals surface area contributed by atoms with E-state index in [1.54, 1.807) is 4.90 Å². The molecule has 0 bridgehead atoms. The molecule has 3 aliphatic heterocycles. The number of hydrogen-bond donors (Lipinski definition) is 0. The highest BCUT2D eigenvalue weighted by Gasteiger charge is 2.40. The van der Waals surface area contributed by atoms with Gasteiger partial charge in [-0.2, -0.15) is 13.2 Å². The average molecular weight is 395 g/mol. The van der Waals surface area contributed by atoms with Crippen molar-refractivity contribution in [3.63, 3.8) is 0 Å². The molecule has 28 heavy (non-hydrogen) atoms. The van der Waals surface area contributed by atoms with E-state index in [2.05, 4.69) is 9.89 Å². The standard InChI is InChI=1S/C19H21F4N5/c1-11-10-28-14-5-4-13(19(21,22)23)15(20)16(14)25-17(18(28)24-12(11)2)27-8-6-26(3)7-9-27/h4-5,10,12H,6-9H2,1-3H3. The van der Waals surface area contributed by atoms with Crippen LogP contribution >= 0.6 is 0 Å². The van der Waals surface area contributed by atoms with E-state index < -0.39 is 17.6 Å². The van der Waals surface area contributed by atoms with Gasteiger partial charge in [0.25, 0.3) is 0 Å². The fourth-order valence-corrected chi connectivity index (χ4v) is 3.53. The molecule has 3 heterocycles. The molecule has 0 aromatic heterocycles. The number of alkyl halides is 3. The Bertz CT molecular complexity index is 894. The second-order valence-electron chi connectivity index (χ2n) is 7.39. The van der Waals surface area contributed by atoms with E-state index in [0.717, 1.165) is 24.7 Å². The van der Waals surface area contributed by atoms with Crippen LogP contribution < -0.4 is 4.90 Å². The number of piperazine rings is 1. The minimum atomic E-state index is -4.78. The van der Waals surface area contributed by atoms with E-state index in [-0.39, 0.29) is 17.4 Å². The highest BCUT2D eigenvalue weighted by atomic mass is 19.4. The van der Waals surface area contributed by atoms with Crippen molar-refractivity contribution in [1.29, 1.82) is 0 Å². The third-order valence-electron chi connectivity index (χ3n) is 5.42. The molecular formula is C19H21F4N5. The molecule has 1 atom stereocenters. The van der Waals surface area contributed by atoms with Crippen LogP contribution in [-0.4, -0.2) is 60.7 Å². The van der Waals surface area contributed by atoms with Crippen molar-refractivity contribution in [2.45, 2.75) is 26.1 Å². The summed E-state index contributed by atoms with van der Waals surface area (Å²) in [5, 5.41) is 0. The number of halogens is 4. The molecule has 5 nitrogen and oxygen atoms in total. The summed E-state index contributed by atoms with van der Waals surface area (Å²) in [7, 11) is 2.00. The molecule has 3 aliphatic rings. The molecule has 0 aliphatic carbocycles. The molecule has 0 saturated carbocycles. The van der Waals surface area contributed by atoms with Crippen LogP contribution in [0.3, 0.4) is 0 Å². The second-order valence-corrected chi connectivity index (χ2v) is 7.39. The van der Waals surface area contributed by atoms with Gasteiger partial charge in [-0.1, -0.05) is 0 Å². The predicted octanol–water partition coefficient (Wildman–Crippen LogP) is 3.65. The van der Waals surface area contributed by atoms with E-state index in [1.807, 2.05) is 32.0 Å². The number of aliphatic imine (C=N–C) groups is 2. The van der Waals surface area contributed by atoms with Crippen LogP contribution in [0, 0.1) is 5.82 Å². The van der Waals surface area contributed by atoms with Crippen molar-refractivity contribution < 1.29 is 17.6 Å². The third kappa shape index (κ3) is 3.07. The molecule has 9 heteroatoms. The lowest BCUT2D eigenvalue weighted by molar-refractivity contribution is -0.139. The molecule has 1 fully saturated rings. The van der Waals surface area contributed by atoms with Crippen molar-refractivity contribution in [2.24, 2.45) is 9.98 Å².